The minimum atomic E-state index is -0.962. The zero-order valence-corrected chi connectivity index (χ0v) is 12.4. The van der Waals surface area contributed by atoms with E-state index in [-0.39, 0.29) is 11.5 Å². The Morgan fingerprint density at radius 1 is 1.23 bits per heavy atom. The van der Waals surface area contributed by atoms with Crippen molar-refractivity contribution >= 4 is 11.9 Å². The first-order valence-electron chi connectivity index (χ1n) is 7.26. The molecule has 0 bridgehead atoms. The van der Waals surface area contributed by atoms with Crippen molar-refractivity contribution in [1.29, 1.82) is 0 Å². The van der Waals surface area contributed by atoms with Gasteiger partial charge in [-0.1, -0.05) is 35.9 Å². The molecule has 0 aliphatic carbocycles. The van der Waals surface area contributed by atoms with Crippen molar-refractivity contribution < 1.29 is 14.7 Å². The number of benzene rings is 2. The number of carboxylic acids is 1. The second-order valence-electron chi connectivity index (χ2n) is 5.60. The number of nitrogens with zero attached hydrogens (tertiary/aromatic N) is 1. The largest absolute Gasteiger partial charge is 0.478 e. The van der Waals surface area contributed by atoms with Crippen LogP contribution in [0.1, 0.15) is 37.4 Å². The van der Waals surface area contributed by atoms with Gasteiger partial charge in [-0.25, -0.2) is 4.79 Å². The Hall–Kier alpha value is -2.62. The van der Waals surface area contributed by atoms with E-state index in [9.17, 15) is 14.7 Å². The Kier molecular flexibility index (Phi) is 3.67. The lowest BCUT2D eigenvalue weighted by Crippen LogP contribution is -2.37. The molecule has 0 atom stereocenters. The van der Waals surface area contributed by atoms with Crippen LogP contribution in [0.5, 0.6) is 0 Å². The third-order valence-corrected chi connectivity index (χ3v) is 4.04. The number of carbonyl (C=O) groups is 2. The van der Waals surface area contributed by atoms with Crippen LogP contribution in [0, 0.1) is 6.92 Å². The summed E-state index contributed by atoms with van der Waals surface area (Å²) in [6.07, 6.45) is 0.802. The summed E-state index contributed by atoms with van der Waals surface area (Å²) in [5.41, 5.74) is 3.78. The zero-order valence-electron chi connectivity index (χ0n) is 12.4. The fourth-order valence-corrected chi connectivity index (χ4v) is 2.86. The van der Waals surface area contributed by atoms with Crippen molar-refractivity contribution in [3.63, 3.8) is 0 Å². The van der Waals surface area contributed by atoms with E-state index in [1.54, 1.807) is 29.2 Å². The van der Waals surface area contributed by atoms with Gasteiger partial charge in [0.15, 0.2) is 0 Å². The highest BCUT2D eigenvalue weighted by atomic mass is 16.4. The molecule has 3 rings (SSSR count). The number of amides is 1. The Balaban J connectivity index is 1.89. The van der Waals surface area contributed by atoms with E-state index in [1.807, 2.05) is 25.1 Å². The number of hydrogen-bond donors (Lipinski definition) is 1. The third kappa shape index (κ3) is 2.60. The van der Waals surface area contributed by atoms with Crippen LogP contribution in [0.4, 0.5) is 0 Å². The molecule has 4 nitrogen and oxygen atoms in total. The van der Waals surface area contributed by atoms with Gasteiger partial charge >= 0.3 is 5.97 Å². The molecule has 2 aromatic carbocycles. The normalized spacial score (nSPS) is 13.9. The van der Waals surface area contributed by atoms with Gasteiger partial charge in [0, 0.05) is 18.7 Å². The maximum absolute atomic E-state index is 12.6. The summed E-state index contributed by atoms with van der Waals surface area (Å²) in [5, 5.41) is 9.25. The van der Waals surface area contributed by atoms with Gasteiger partial charge in [0.2, 0.25) is 0 Å². The molecule has 0 saturated carbocycles. The summed E-state index contributed by atoms with van der Waals surface area (Å²) in [6.45, 7) is 2.91. The van der Waals surface area contributed by atoms with Crippen LogP contribution in [0.25, 0.3) is 0 Å². The van der Waals surface area contributed by atoms with E-state index in [0.717, 1.165) is 23.1 Å². The molecule has 1 N–H and O–H groups in total. The van der Waals surface area contributed by atoms with Crippen molar-refractivity contribution in [2.24, 2.45) is 0 Å². The summed E-state index contributed by atoms with van der Waals surface area (Å²) in [7, 11) is 0. The summed E-state index contributed by atoms with van der Waals surface area (Å²) in [6, 6.07) is 12.8. The third-order valence-electron chi connectivity index (χ3n) is 4.04. The molecule has 112 valence electrons. The molecular weight excluding hydrogens is 278 g/mol. The van der Waals surface area contributed by atoms with Gasteiger partial charge in [-0.2, -0.15) is 0 Å². The number of rotatable bonds is 3. The van der Waals surface area contributed by atoms with Crippen LogP contribution in [-0.2, 0) is 13.0 Å². The topological polar surface area (TPSA) is 57.6 Å². The van der Waals surface area contributed by atoms with Crippen LogP contribution < -0.4 is 0 Å². The van der Waals surface area contributed by atoms with Crippen LogP contribution in [0.3, 0.4) is 0 Å². The van der Waals surface area contributed by atoms with Gasteiger partial charge in [-0.3, -0.25) is 4.79 Å². The SMILES string of the molecule is Cc1ccc2c(c1)C(=O)N(Cc1ccccc1C(=O)O)CC2. The van der Waals surface area contributed by atoms with Gasteiger partial charge in [-0.15, -0.1) is 0 Å². The van der Waals surface area contributed by atoms with Crippen LogP contribution in [0.2, 0.25) is 0 Å². The molecule has 4 heteroatoms. The molecule has 1 aliphatic heterocycles. The molecule has 1 amide bonds. The first kappa shape index (κ1) is 14.3. The van der Waals surface area contributed by atoms with Crippen molar-refractivity contribution in [3.8, 4) is 0 Å². The van der Waals surface area contributed by atoms with Crippen molar-refractivity contribution in [1.82, 2.24) is 4.90 Å². The molecule has 1 heterocycles. The Bertz CT molecular complexity index is 752. The summed E-state index contributed by atoms with van der Waals surface area (Å²) >= 11 is 0. The Morgan fingerprint density at radius 2 is 2.00 bits per heavy atom. The van der Waals surface area contributed by atoms with Crippen molar-refractivity contribution in [2.45, 2.75) is 19.9 Å². The van der Waals surface area contributed by atoms with E-state index < -0.39 is 5.97 Å². The Morgan fingerprint density at radius 3 is 2.77 bits per heavy atom. The molecule has 0 fully saturated rings. The average Bonchev–Trinajstić information content (AvgIpc) is 2.51. The van der Waals surface area contributed by atoms with Crippen LogP contribution >= 0.6 is 0 Å². The monoisotopic (exact) mass is 295 g/mol. The second kappa shape index (κ2) is 5.64. The predicted octanol–water partition coefficient (Wildman–Crippen LogP) is 2.89. The number of hydrogen-bond acceptors (Lipinski definition) is 2. The van der Waals surface area contributed by atoms with Crippen LogP contribution in [-0.4, -0.2) is 28.4 Å². The smallest absolute Gasteiger partial charge is 0.336 e. The van der Waals surface area contributed by atoms with Gasteiger partial charge in [0.1, 0.15) is 0 Å². The molecule has 0 saturated heterocycles. The van der Waals surface area contributed by atoms with Gasteiger partial charge in [0.25, 0.3) is 5.91 Å². The Labute approximate surface area is 129 Å². The van der Waals surface area contributed by atoms with Crippen molar-refractivity contribution in [3.05, 3.63) is 70.3 Å². The molecule has 22 heavy (non-hydrogen) atoms. The molecule has 2 aromatic rings. The number of aryl methyl sites for hydroxylation is 1. The fraction of sp³-hybridized carbons (Fsp3) is 0.222. The summed E-state index contributed by atoms with van der Waals surface area (Å²) in [4.78, 5) is 25.6. The van der Waals surface area contributed by atoms with Gasteiger partial charge in [-0.05, 0) is 36.6 Å². The number of fused-ring (bicyclic) bond motifs is 1. The average molecular weight is 295 g/mol. The van der Waals surface area contributed by atoms with E-state index in [2.05, 4.69) is 0 Å². The molecule has 0 unspecified atom stereocenters. The standard InChI is InChI=1S/C18H17NO3/c1-12-6-7-13-8-9-19(17(20)16(13)10-12)11-14-4-2-3-5-15(14)18(21)22/h2-7,10H,8-9,11H2,1H3,(H,21,22). The highest BCUT2D eigenvalue weighted by Crippen LogP contribution is 2.22. The van der Waals surface area contributed by atoms with E-state index >= 15 is 0 Å². The summed E-state index contributed by atoms with van der Waals surface area (Å²) < 4.78 is 0. The number of aromatic carboxylic acids is 1. The van der Waals surface area contributed by atoms with Gasteiger partial charge in [0.05, 0.1) is 5.56 Å². The minimum absolute atomic E-state index is 0.0230. The zero-order chi connectivity index (χ0) is 15.7. The van der Waals surface area contributed by atoms with Crippen LogP contribution in [0.15, 0.2) is 42.5 Å². The minimum Gasteiger partial charge on any atom is -0.478 e. The molecule has 0 spiro atoms. The van der Waals surface area contributed by atoms with E-state index in [0.29, 0.717) is 18.7 Å². The molecule has 0 aromatic heterocycles. The first-order chi connectivity index (χ1) is 10.6. The van der Waals surface area contributed by atoms with E-state index in [4.69, 9.17) is 0 Å². The second-order valence-corrected chi connectivity index (χ2v) is 5.60. The van der Waals surface area contributed by atoms with Crippen molar-refractivity contribution in [2.75, 3.05) is 6.54 Å². The molecular formula is C18H17NO3. The number of carbonyl (C=O) groups excluding carboxylic acids is 1. The van der Waals surface area contributed by atoms with E-state index in [1.165, 1.54) is 0 Å². The fourth-order valence-electron chi connectivity index (χ4n) is 2.86. The number of carboxylic acid groups (broad SMARTS) is 1. The molecule has 0 radical (unpaired) electrons. The lowest BCUT2D eigenvalue weighted by molar-refractivity contribution is 0.0678. The predicted molar refractivity (Wildman–Crippen MR) is 83.0 cm³/mol. The maximum Gasteiger partial charge on any atom is 0.336 e. The maximum atomic E-state index is 12.6. The highest BCUT2D eigenvalue weighted by Gasteiger charge is 2.25. The first-order valence-corrected chi connectivity index (χ1v) is 7.26. The quantitative estimate of drug-likeness (QED) is 0.947. The lowest BCUT2D eigenvalue weighted by atomic mass is 9.96. The lowest BCUT2D eigenvalue weighted by Gasteiger charge is -2.29. The summed E-state index contributed by atoms with van der Waals surface area (Å²) in [5.74, 6) is -0.985. The highest BCUT2D eigenvalue weighted by molar-refractivity contribution is 5.97. The van der Waals surface area contributed by atoms with Gasteiger partial charge < -0.3 is 10.0 Å². The molecule has 1 aliphatic rings.